The highest BCUT2D eigenvalue weighted by atomic mass is 35.5. The Morgan fingerprint density at radius 2 is 1.84 bits per heavy atom. The standard InChI is InChI=1S/C27H25Cl2FN2O4S/c1-16-6-7-17(2)26(16)37(34,35)32-27(33)24-5-3-4-22(31-24)13-19-12-20(28)10-11-25(19)36-15-18-8-9-21(29)14-23(18)30/h3-6,8-12,14,17,26H,7,13,15H2,1-2H3,(H,32,33). The highest BCUT2D eigenvalue weighted by Crippen LogP contribution is 2.30. The van der Waals surface area contributed by atoms with Gasteiger partial charge in [-0.1, -0.05) is 53.9 Å². The van der Waals surface area contributed by atoms with Crippen LogP contribution in [-0.2, 0) is 23.1 Å². The topological polar surface area (TPSA) is 85.4 Å². The Labute approximate surface area is 225 Å². The molecule has 4 rings (SSSR count). The second-order valence-corrected chi connectivity index (χ2v) is 11.7. The zero-order valence-electron chi connectivity index (χ0n) is 20.2. The van der Waals surface area contributed by atoms with Gasteiger partial charge in [0.15, 0.2) is 0 Å². The molecule has 6 nitrogen and oxygen atoms in total. The average Bonchev–Trinajstić information content (AvgIpc) is 3.18. The Morgan fingerprint density at radius 1 is 1.11 bits per heavy atom. The third-order valence-electron chi connectivity index (χ3n) is 6.18. The Bertz CT molecular complexity index is 1480. The molecule has 2 atom stereocenters. The largest absolute Gasteiger partial charge is 0.489 e. The molecule has 0 aliphatic heterocycles. The van der Waals surface area contributed by atoms with E-state index in [1.165, 1.54) is 12.1 Å². The number of allylic oxidation sites excluding steroid dienone is 1. The summed E-state index contributed by atoms with van der Waals surface area (Å²) in [6.07, 6.45) is 2.77. The van der Waals surface area contributed by atoms with Crippen molar-refractivity contribution in [2.75, 3.05) is 0 Å². The van der Waals surface area contributed by atoms with Gasteiger partial charge < -0.3 is 4.74 Å². The van der Waals surface area contributed by atoms with E-state index in [9.17, 15) is 17.6 Å². The zero-order valence-corrected chi connectivity index (χ0v) is 22.5. The first-order valence-corrected chi connectivity index (χ1v) is 13.9. The number of sulfonamides is 1. The molecular weight excluding hydrogens is 538 g/mol. The molecular formula is C27H25Cl2FN2O4S. The molecule has 0 saturated heterocycles. The van der Waals surface area contributed by atoms with Crippen molar-refractivity contribution in [1.82, 2.24) is 9.71 Å². The molecule has 1 heterocycles. The van der Waals surface area contributed by atoms with E-state index in [1.807, 2.05) is 13.0 Å². The first kappa shape index (κ1) is 27.1. The molecule has 0 bridgehead atoms. The number of aromatic nitrogens is 1. The number of nitrogens with zero attached hydrogens (tertiary/aromatic N) is 1. The Balaban J connectivity index is 1.51. The second kappa shape index (κ2) is 11.2. The molecule has 0 radical (unpaired) electrons. The third-order valence-corrected chi connectivity index (χ3v) is 8.62. The van der Waals surface area contributed by atoms with Gasteiger partial charge in [0.1, 0.15) is 29.1 Å². The van der Waals surface area contributed by atoms with Crippen LogP contribution in [0.5, 0.6) is 5.75 Å². The highest BCUT2D eigenvalue weighted by molar-refractivity contribution is 7.90. The maximum atomic E-state index is 14.2. The van der Waals surface area contributed by atoms with Crippen LogP contribution in [0.1, 0.15) is 47.6 Å². The molecule has 0 fully saturated rings. The Hall–Kier alpha value is -2.94. The molecule has 194 valence electrons. The molecule has 1 aliphatic carbocycles. The second-order valence-electron chi connectivity index (χ2n) is 9.03. The van der Waals surface area contributed by atoms with Crippen LogP contribution in [0.3, 0.4) is 0 Å². The molecule has 1 aromatic heterocycles. The summed E-state index contributed by atoms with van der Waals surface area (Å²) in [7, 11) is -3.91. The van der Waals surface area contributed by atoms with E-state index in [-0.39, 0.29) is 24.6 Å². The lowest BCUT2D eigenvalue weighted by atomic mass is 10.1. The average molecular weight is 563 g/mol. The lowest BCUT2D eigenvalue weighted by molar-refractivity contribution is 0.0976. The first-order valence-electron chi connectivity index (χ1n) is 11.6. The number of carbonyl (C=O) groups is 1. The number of hydrogen-bond acceptors (Lipinski definition) is 5. The predicted molar refractivity (Wildman–Crippen MR) is 142 cm³/mol. The van der Waals surface area contributed by atoms with Gasteiger partial charge in [-0.2, -0.15) is 0 Å². The van der Waals surface area contributed by atoms with Crippen molar-refractivity contribution in [2.45, 2.75) is 38.5 Å². The number of pyridine rings is 1. The summed E-state index contributed by atoms with van der Waals surface area (Å²) in [4.78, 5) is 17.2. The van der Waals surface area contributed by atoms with E-state index in [2.05, 4.69) is 9.71 Å². The lowest BCUT2D eigenvalue weighted by Crippen LogP contribution is -2.40. The summed E-state index contributed by atoms with van der Waals surface area (Å²) in [5.41, 5.74) is 2.20. The summed E-state index contributed by atoms with van der Waals surface area (Å²) in [5, 5.41) is 0.00554. The number of amides is 1. The summed E-state index contributed by atoms with van der Waals surface area (Å²) in [6, 6.07) is 14.2. The van der Waals surface area contributed by atoms with Crippen LogP contribution in [0.25, 0.3) is 0 Å². The fraction of sp³-hybridized carbons (Fsp3) is 0.259. The summed E-state index contributed by atoms with van der Waals surface area (Å²) in [5.74, 6) is -0.923. The molecule has 0 spiro atoms. The van der Waals surface area contributed by atoms with Gasteiger partial charge in [-0.3, -0.25) is 4.79 Å². The van der Waals surface area contributed by atoms with Gasteiger partial charge in [-0.05, 0) is 61.7 Å². The fourth-order valence-corrected chi connectivity index (χ4v) is 6.53. The SMILES string of the molecule is CC1=CCC(C)C1S(=O)(=O)NC(=O)c1cccc(Cc2cc(Cl)ccc2OCc2ccc(Cl)cc2F)n1. The molecule has 3 aromatic rings. The van der Waals surface area contributed by atoms with Crippen LogP contribution >= 0.6 is 23.2 Å². The number of rotatable bonds is 8. The molecule has 2 aromatic carbocycles. The zero-order chi connectivity index (χ0) is 26.7. The molecule has 10 heteroatoms. The minimum absolute atomic E-state index is 0.0268. The lowest BCUT2D eigenvalue weighted by Gasteiger charge is -2.19. The van der Waals surface area contributed by atoms with Crippen molar-refractivity contribution in [3.63, 3.8) is 0 Å². The maximum absolute atomic E-state index is 14.2. The van der Waals surface area contributed by atoms with Crippen LogP contribution in [-0.4, -0.2) is 24.6 Å². The van der Waals surface area contributed by atoms with E-state index in [0.717, 1.165) is 5.57 Å². The van der Waals surface area contributed by atoms with Crippen molar-refractivity contribution in [3.8, 4) is 5.75 Å². The number of hydrogen-bond donors (Lipinski definition) is 1. The monoisotopic (exact) mass is 562 g/mol. The molecule has 1 N–H and O–H groups in total. The number of nitrogens with one attached hydrogen (secondary N) is 1. The van der Waals surface area contributed by atoms with Crippen LogP contribution in [0.15, 0.2) is 66.2 Å². The summed E-state index contributed by atoms with van der Waals surface area (Å²) < 4.78 is 47.9. The third kappa shape index (κ3) is 6.50. The number of ether oxygens (including phenoxy) is 1. The Morgan fingerprint density at radius 3 is 2.54 bits per heavy atom. The summed E-state index contributed by atoms with van der Waals surface area (Å²) >= 11 is 12.0. The smallest absolute Gasteiger partial charge is 0.283 e. The van der Waals surface area contributed by atoms with Crippen molar-refractivity contribution < 1.29 is 22.3 Å². The van der Waals surface area contributed by atoms with Crippen molar-refractivity contribution in [2.24, 2.45) is 5.92 Å². The molecule has 37 heavy (non-hydrogen) atoms. The Kier molecular flexibility index (Phi) is 8.21. The van der Waals surface area contributed by atoms with Crippen molar-refractivity contribution in [1.29, 1.82) is 0 Å². The van der Waals surface area contributed by atoms with E-state index in [1.54, 1.807) is 49.4 Å². The van der Waals surface area contributed by atoms with Gasteiger partial charge in [-0.15, -0.1) is 0 Å². The van der Waals surface area contributed by atoms with E-state index in [0.29, 0.717) is 39.0 Å². The number of benzene rings is 2. The quantitative estimate of drug-likeness (QED) is 0.334. The van der Waals surface area contributed by atoms with Crippen LogP contribution in [0.2, 0.25) is 10.0 Å². The molecule has 1 aliphatic rings. The minimum Gasteiger partial charge on any atom is -0.489 e. The molecule has 1 amide bonds. The van der Waals surface area contributed by atoms with Crippen molar-refractivity contribution >= 4 is 39.1 Å². The van der Waals surface area contributed by atoms with Gasteiger partial charge in [0, 0.05) is 33.3 Å². The fourth-order valence-electron chi connectivity index (χ4n) is 4.38. The van der Waals surface area contributed by atoms with Crippen LogP contribution in [0.4, 0.5) is 4.39 Å². The van der Waals surface area contributed by atoms with Gasteiger partial charge in [0.05, 0.1) is 0 Å². The maximum Gasteiger partial charge on any atom is 0.283 e. The highest BCUT2D eigenvalue weighted by Gasteiger charge is 2.36. The predicted octanol–water partition coefficient (Wildman–Crippen LogP) is 6.11. The normalized spacial score (nSPS) is 17.4. The van der Waals surface area contributed by atoms with E-state index >= 15 is 0 Å². The minimum atomic E-state index is -3.91. The molecule has 2 unspecified atom stereocenters. The van der Waals surface area contributed by atoms with Gasteiger partial charge >= 0.3 is 0 Å². The number of carbonyl (C=O) groups excluding carboxylic acids is 1. The summed E-state index contributed by atoms with van der Waals surface area (Å²) in [6.45, 7) is 3.56. The van der Waals surface area contributed by atoms with Gasteiger partial charge in [0.25, 0.3) is 5.91 Å². The van der Waals surface area contributed by atoms with Crippen molar-refractivity contribution in [3.05, 3.63) is 105 Å². The molecule has 0 saturated carbocycles. The van der Waals surface area contributed by atoms with Gasteiger partial charge in [0.2, 0.25) is 10.0 Å². The first-order chi connectivity index (χ1) is 17.5. The van der Waals surface area contributed by atoms with Crippen LogP contribution < -0.4 is 9.46 Å². The van der Waals surface area contributed by atoms with E-state index in [4.69, 9.17) is 27.9 Å². The van der Waals surface area contributed by atoms with Crippen LogP contribution in [0, 0.1) is 11.7 Å². The van der Waals surface area contributed by atoms with Gasteiger partial charge in [-0.25, -0.2) is 22.5 Å². The number of halogens is 3. The van der Waals surface area contributed by atoms with E-state index < -0.39 is 27.0 Å².